The Kier molecular flexibility index (Phi) is 4.91. The molecule has 0 spiro atoms. The summed E-state index contributed by atoms with van der Waals surface area (Å²) >= 11 is 1.48. The highest BCUT2D eigenvalue weighted by atomic mass is 32.2. The maximum Gasteiger partial charge on any atom is 0.251 e. The molecule has 0 aliphatic carbocycles. The molecule has 0 aliphatic rings. The van der Waals surface area contributed by atoms with Crippen molar-refractivity contribution in [3.05, 3.63) is 47.7 Å². The average molecular weight is 397 g/mol. The van der Waals surface area contributed by atoms with E-state index in [9.17, 15) is 0 Å². The Morgan fingerprint density at radius 1 is 1.04 bits per heavy atom. The number of hydrogen-bond acceptors (Lipinski definition) is 8. The van der Waals surface area contributed by atoms with E-state index in [1.54, 1.807) is 7.11 Å². The molecule has 144 valence electrons. The minimum Gasteiger partial charge on any atom is -0.496 e. The standard InChI is InChI=1S/C19H19N5O3S/c1-11-9-14(12(2)26-11)18-22-20-16(27-18)10-28-19-23-21-17(24(19)3)13-7-5-6-8-15(13)25-4/h5-9H,10H2,1-4H3. The number of benzene rings is 1. The van der Waals surface area contributed by atoms with Crippen molar-refractivity contribution in [3.8, 4) is 28.6 Å². The number of rotatable bonds is 6. The van der Waals surface area contributed by atoms with Crippen LogP contribution >= 0.6 is 11.8 Å². The third-order valence-electron chi connectivity index (χ3n) is 4.25. The first kappa shape index (κ1) is 18.3. The van der Waals surface area contributed by atoms with Gasteiger partial charge >= 0.3 is 0 Å². The van der Waals surface area contributed by atoms with Crippen molar-refractivity contribution in [1.29, 1.82) is 0 Å². The zero-order chi connectivity index (χ0) is 19.7. The number of aromatic nitrogens is 5. The van der Waals surface area contributed by atoms with Crippen molar-refractivity contribution < 1.29 is 13.6 Å². The van der Waals surface area contributed by atoms with Gasteiger partial charge in [0, 0.05) is 7.05 Å². The van der Waals surface area contributed by atoms with Crippen LogP contribution in [-0.2, 0) is 12.8 Å². The molecule has 0 saturated carbocycles. The van der Waals surface area contributed by atoms with E-state index in [2.05, 4.69) is 20.4 Å². The monoisotopic (exact) mass is 397 g/mol. The Morgan fingerprint density at radius 2 is 1.86 bits per heavy atom. The molecule has 0 saturated heterocycles. The smallest absolute Gasteiger partial charge is 0.251 e. The van der Waals surface area contributed by atoms with Crippen LogP contribution in [0.25, 0.3) is 22.8 Å². The molecular formula is C19H19N5O3S. The predicted molar refractivity (Wildman–Crippen MR) is 104 cm³/mol. The van der Waals surface area contributed by atoms with Gasteiger partial charge in [-0.05, 0) is 32.0 Å². The third-order valence-corrected chi connectivity index (χ3v) is 5.25. The molecule has 0 unspecified atom stereocenters. The van der Waals surface area contributed by atoms with E-state index >= 15 is 0 Å². The van der Waals surface area contributed by atoms with Gasteiger partial charge < -0.3 is 18.1 Å². The lowest BCUT2D eigenvalue weighted by atomic mass is 10.2. The third kappa shape index (κ3) is 3.40. The fourth-order valence-corrected chi connectivity index (χ4v) is 3.64. The molecule has 0 fully saturated rings. The zero-order valence-electron chi connectivity index (χ0n) is 16.0. The highest BCUT2D eigenvalue weighted by Gasteiger charge is 2.17. The minimum absolute atomic E-state index is 0.456. The fourth-order valence-electron chi connectivity index (χ4n) is 2.89. The Balaban J connectivity index is 1.51. The Bertz CT molecular complexity index is 1110. The number of para-hydroxylation sites is 1. The summed E-state index contributed by atoms with van der Waals surface area (Å²) < 4.78 is 18.6. The van der Waals surface area contributed by atoms with Crippen LogP contribution in [0.5, 0.6) is 5.75 Å². The van der Waals surface area contributed by atoms with Crippen LogP contribution in [0.2, 0.25) is 0 Å². The molecule has 8 nitrogen and oxygen atoms in total. The summed E-state index contributed by atoms with van der Waals surface area (Å²) in [6.45, 7) is 3.76. The van der Waals surface area contributed by atoms with Gasteiger partial charge in [0.05, 0.1) is 24.0 Å². The molecule has 9 heteroatoms. The van der Waals surface area contributed by atoms with Crippen molar-refractivity contribution in [2.75, 3.05) is 7.11 Å². The van der Waals surface area contributed by atoms with Crippen molar-refractivity contribution in [1.82, 2.24) is 25.0 Å². The lowest BCUT2D eigenvalue weighted by Crippen LogP contribution is -1.97. The highest BCUT2D eigenvalue weighted by Crippen LogP contribution is 2.31. The van der Waals surface area contributed by atoms with Gasteiger partial charge in [-0.15, -0.1) is 20.4 Å². The summed E-state index contributed by atoms with van der Waals surface area (Å²) in [5.74, 6) is 4.51. The van der Waals surface area contributed by atoms with Gasteiger partial charge in [0.25, 0.3) is 5.89 Å². The summed E-state index contributed by atoms with van der Waals surface area (Å²) in [6.07, 6.45) is 0. The van der Waals surface area contributed by atoms with Crippen LogP contribution < -0.4 is 4.74 Å². The maximum atomic E-state index is 5.77. The Hall–Kier alpha value is -3.07. The molecule has 0 aliphatic heterocycles. The molecule has 4 rings (SSSR count). The SMILES string of the molecule is COc1ccccc1-c1nnc(SCc2nnc(-c3cc(C)oc3C)o2)n1C. The lowest BCUT2D eigenvalue weighted by Gasteiger charge is -2.07. The van der Waals surface area contributed by atoms with Crippen LogP contribution in [0.4, 0.5) is 0 Å². The molecule has 28 heavy (non-hydrogen) atoms. The van der Waals surface area contributed by atoms with E-state index in [4.69, 9.17) is 13.6 Å². The number of furan rings is 1. The van der Waals surface area contributed by atoms with Crippen LogP contribution in [0, 0.1) is 13.8 Å². The highest BCUT2D eigenvalue weighted by molar-refractivity contribution is 7.98. The first-order chi connectivity index (χ1) is 13.6. The molecule has 4 aromatic rings. The topological polar surface area (TPSA) is 92.0 Å². The van der Waals surface area contributed by atoms with Gasteiger partial charge in [0.15, 0.2) is 11.0 Å². The number of thioether (sulfide) groups is 1. The average Bonchev–Trinajstić information content (AvgIpc) is 3.39. The number of ether oxygens (including phenoxy) is 1. The molecule has 1 aromatic carbocycles. The predicted octanol–water partition coefficient (Wildman–Crippen LogP) is 4.04. The minimum atomic E-state index is 0.456. The van der Waals surface area contributed by atoms with Crippen molar-refractivity contribution in [2.24, 2.45) is 7.05 Å². The molecule has 0 bridgehead atoms. The summed E-state index contributed by atoms with van der Waals surface area (Å²) in [7, 11) is 3.56. The van der Waals surface area contributed by atoms with Gasteiger partial charge in [0.1, 0.15) is 17.3 Å². The lowest BCUT2D eigenvalue weighted by molar-refractivity contribution is 0.416. The number of hydrogen-bond donors (Lipinski definition) is 0. The second-order valence-corrected chi connectivity index (χ2v) is 7.12. The summed E-state index contributed by atoms with van der Waals surface area (Å²) in [6, 6.07) is 9.61. The molecule has 3 aromatic heterocycles. The normalized spacial score (nSPS) is 11.1. The van der Waals surface area contributed by atoms with Crippen LogP contribution in [0.1, 0.15) is 17.4 Å². The van der Waals surface area contributed by atoms with Crippen LogP contribution in [-0.4, -0.2) is 32.1 Å². The largest absolute Gasteiger partial charge is 0.496 e. The van der Waals surface area contributed by atoms with Gasteiger partial charge in [0.2, 0.25) is 5.89 Å². The number of nitrogens with zero attached hydrogens (tertiary/aromatic N) is 5. The Labute approximate surface area is 165 Å². The van der Waals surface area contributed by atoms with Crippen molar-refractivity contribution in [3.63, 3.8) is 0 Å². The molecule has 0 atom stereocenters. The zero-order valence-corrected chi connectivity index (χ0v) is 16.8. The van der Waals surface area contributed by atoms with E-state index in [0.29, 0.717) is 17.5 Å². The maximum absolute atomic E-state index is 5.77. The molecular weight excluding hydrogens is 378 g/mol. The second-order valence-electron chi connectivity index (χ2n) is 6.18. The summed E-state index contributed by atoms with van der Waals surface area (Å²) in [5, 5.41) is 17.6. The van der Waals surface area contributed by atoms with Crippen LogP contribution in [0.3, 0.4) is 0 Å². The van der Waals surface area contributed by atoms with E-state index in [-0.39, 0.29) is 0 Å². The van der Waals surface area contributed by atoms with E-state index in [0.717, 1.165) is 39.4 Å². The van der Waals surface area contributed by atoms with Gasteiger partial charge in [-0.1, -0.05) is 23.9 Å². The van der Waals surface area contributed by atoms with Crippen molar-refractivity contribution in [2.45, 2.75) is 24.8 Å². The van der Waals surface area contributed by atoms with Crippen LogP contribution in [0.15, 0.2) is 44.3 Å². The first-order valence-electron chi connectivity index (χ1n) is 8.62. The Morgan fingerprint density at radius 3 is 2.61 bits per heavy atom. The first-order valence-corrected chi connectivity index (χ1v) is 9.60. The summed E-state index contributed by atoms with van der Waals surface area (Å²) in [4.78, 5) is 0. The van der Waals surface area contributed by atoms with E-state index in [1.807, 2.05) is 55.8 Å². The summed E-state index contributed by atoms with van der Waals surface area (Å²) in [5.41, 5.74) is 1.70. The number of aryl methyl sites for hydroxylation is 2. The number of methoxy groups -OCH3 is 1. The van der Waals surface area contributed by atoms with Gasteiger partial charge in [-0.25, -0.2) is 0 Å². The van der Waals surface area contributed by atoms with E-state index < -0.39 is 0 Å². The molecule has 0 N–H and O–H groups in total. The quantitative estimate of drug-likeness (QED) is 0.450. The van der Waals surface area contributed by atoms with Crippen molar-refractivity contribution >= 4 is 11.8 Å². The van der Waals surface area contributed by atoms with E-state index in [1.165, 1.54) is 11.8 Å². The second kappa shape index (κ2) is 7.51. The fraction of sp³-hybridized carbons (Fsp3) is 0.263. The molecule has 0 amide bonds. The van der Waals surface area contributed by atoms with Gasteiger partial charge in [-0.2, -0.15) is 0 Å². The molecule has 0 radical (unpaired) electrons. The molecule has 3 heterocycles. The van der Waals surface area contributed by atoms with Gasteiger partial charge in [-0.3, -0.25) is 0 Å².